The Morgan fingerprint density at radius 1 is 1.30 bits per heavy atom. The number of nitrogens with one attached hydrogen (secondary N) is 1. The standard InChI is InChI=1S/C18H19N3O2/c1-12-9-18(21-8-4-5-15(21)11-23-3)16-7-6-14(20-13(2)22)10-17(16)19-12/h4-10H,11H2,1-3H3,(H,20,22). The van der Waals surface area contributed by atoms with E-state index in [4.69, 9.17) is 4.74 Å². The van der Waals surface area contributed by atoms with Gasteiger partial charge in [0.15, 0.2) is 0 Å². The summed E-state index contributed by atoms with van der Waals surface area (Å²) >= 11 is 0. The summed E-state index contributed by atoms with van der Waals surface area (Å²) in [5, 5.41) is 3.82. The van der Waals surface area contributed by atoms with Crippen molar-refractivity contribution in [2.45, 2.75) is 20.5 Å². The minimum Gasteiger partial charge on any atom is -0.378 e. The highest BCUT2D eigenvalue weighted by Crippen LogP contribution is 2.26. The van der Waals surface area contributed by atoms with Gasteiger partial charge in [0.25, 0.3) is 0 Å². The van der Waals surface area contributed by atoms with Gasteiger partial charge in [-0.2, -0.15) is 0 Å². The molecule has 118 valence electrons. The fourth-order valence-electron chi connectivity index (χ4n) is 2.74. The third-order valence-corrected chi connectivity index (χ3v) is 3.62. The van der Waals surface area contributed by atoms with Crippen molar-refractivity contribution in [2.75, 3.05) is 12.4 Å². The highest BCUT2D eigenvalue weighted by molar-refractivity contribution is 5.94. The number of benzene rings is 1. The highest BCUT2D eigenvalue weighted by atomic mass is 16.5. The second-order valence-electron chi connectivity index (χ2n) is 5.50. The lowest BCUT2D eigenvalue weighted by atomic mass is 10.1. The number of fused-ring (bicyclic) bond motifs is 1. The molecule has 0 aliphatic carbocycles. The Morgan fingerprint density at radius 2 is 2.13 bits per heavy atom. The van der Waals surface area contributed by atoms with Crippen molar-refractivity contribution < 1.29 is 9.53 Å². The van der Waals surface area contributed by atoms with E-state index >= 15 is 0 Å². The number of hydrogen-bond acceptors (Lipinski definition) is 3. The van der Waals surface area contributed by atoms with Crippen LogP contribution >= 0.6 is 0 Å². The minimum atomic E-state index is -0.0926. The minimum absolute atomic E-state index is 0.0926. The molecule has 0 radical (unpaired) electrons. The van der Waals surface area contributed by atoms with Crippen molar-refractivity contribution in [3.05, 3.63) is 54.0 Å². The van der Waals surface area contributed by atoms with E-state index in [9.17, 15) is 4.79 Å². The number of anilines is 1. The first-order valence-electron chi connectivity index (χ1n) is 7.43. The molecule has 0 saturated heterocycles. The smallest absolute Gasteiger partial charge is 0.221 e. The average Bonchev–Trinajstić information content (AvgIpc) is 2.94. The number of methoxy groups -OCH3 is 1. The number of pyridine rings is 1. The molecular weight excluding hydrogens is 290 g/mol. The topological polar surface area (TPSA) is 56.1 Å². The fourth-order valence-corrected chi connectivity index (χ4v) is 2.74. The molecule has 0 atom stereocenters. The monoisotopic (exact) mass is 309 g/mol. The van der Waals surface area contributed by atoms with Gasteiger partial charge in [-0.15, -0.1) is 0 Å². The first-order chi connectivity index (χ1) is 11.1. The number of hydrogen-bond donors (Lipinski definition) is 1. The summed E-state index contributed by atoms with van der Waals surface area (Å²) < 4.78 is 7.38. The molecule has 2 heterocycles. The summed E-state index contributed by atoms with van der Waals surface area (Å²) in [4.78, 5) is 15.8. The molecular formula is C18H19N3O2. The predicted molar refractivity (Wildman–Crippen MR) is 90.8 cm³/mol. The zero-order valence-corrected chi connectivity index (χ0v) is 13.5. The van der Waals surface area contributed by atoms with Crippen LogP contribution < -0.4 is 5.32 Å². The lowest BCUT2D eigenvalue weighted by molar-refractivity contribution is -0.114. The van der Waals surface area contributed by atoms with Crippen molar-refractivity contribution >= 4 is 22.5 Å². The quantitative estimate of drug-likeness (QED) is 0.803. The van der Waals surface area contributed by atoms with Gasteiger partial charge >= 0.3 is 0 Å². The SMILES string of the molecule is COCc1cccn1-c1cc(C)nc2cc(NC(C)=O)ccc12. The van der Waals surface area contributed by atoms with Crippen LogP contribution in [-0.2, 0) is 16.1 Å². The molecule has 3 aromatic rings. The van der Waals surface area contributed by atoms with Crippen molar-refractivity contribution in [3.8, 4) is 5.69 Å². The molecule has 0 aliphatic heterocycles. The summed E-state index contributed by atoms with van der Waals surface area (Å²) in [6.45, 7) is 4.00. The van der Waals surface area contributed by atoms with Gasteiger partial charge < -0.3 is 14.6 Å². The Bertz CT molecular complexity index is 868. The maximum atomic E-state index is 11.2. The average molecular weight is 309 g/mol. The predicted octanol–water partition coefficient (Wildman–Crippen LogP) is 3.44. The van der Waals surface area contributed by atoms with Crippen molar-refractivity contribution in [2.24, 2.45) is 0 Å². The fraction of sp³-hybridized carbons (Fsp3) is 0.222. The molecule has 5 heteroatoms. The van der Waals surface area contributed by atoms with Crippen molar-refractivity contribution in [1.82, 2.24) is 9.55 Å². The number of amides is 1. The van der Waals surface area contributed by atoms with E-state index in [1.54, 1.807) is 7.11 Å². The summed E-state index contributed by atoms with van der Waals surface area (Å²) in [7, 11) is 1.69. The van der Waals surface area contributed by atoms with Crippen molar-refractivity contribution in [3.63, 3.8) is 0 Å². The van der Waals surface area contributed by atoms with Crippen LogP contribution in [0.4, 0.5) is 5.69 Å². The molecule has 1 N–H and O–H groups in total. The molecule has 1 amide bonds. The first-order valence-corrected chi connectivity index (χ1v) is 7.43. The summed E-state index contributed by atoms with van der Waals surface area (Å²) in [6, 6.07) is 11.9. The Morgan fingerprint density at radius 3 is 2.87 bits per heavy atom. The van der Waals surface area contributed by atoms with Gasteiger partial charge in [0.1, 0.15) is 0 Å². The second-order valence-corrected chi connectivity index (χ2v) is 5.50. The zero-order chi connectivity index (χ0) is 16.4. The van der Waals surface area contributed by atoms with Crippen LogP contribution in [0, 0.1) is 6.92 Å². The Labute approximate surface area is 134 Å². The molecule has 0 spiro atoms. The number of aryl methyl sites for hydroxylation is 1. The van der Waals surface area contributed by atoms with Gasteiger partial charge in [-0.05, 0) is 43.3 Å². The lowest BCUT2D eigenvalue weighted by Gasteiger charge is -2.13. The van der Waals surface area contributed by atoms with E-state index in [-0.39, 0.29) is 5.91 Å². The largest absolute Gasteiger partial charge is 0.378 e. The third-order valence-electron chi connectivity index (χ3n) is 3.62. The van der Waals surface area contributed by atoms with Crippen LogP contribution in [0.1, 0.15) is 18.3 Å². The number of nitrogens with zero attached hydrogens (tertiary/aromatic N) is 2. The zero-order valence-electron chi connectivity index (χ0n) is 13.5. The van der Waals surface area contributed by atoms with Crippen LogP contribution in [-0.4, -0.2) is 22.6 Å². The van der Waals surface area contributed by atoms with Gasteiger partial charge in [-0.25, -0.2) is 0 Å². The number of ether oxygens (including phenoxy) is 1. The number of carbonyl (C=O) groups excluding carboxylic acids is 1. The van der Waals surface area contributed by atoms with Gasteiger partial charge in [-0.3, -0.25) is 9.78 Å². The Balaban J connectivity index is 2.17. The maximum Gasteiger partial charge on any atom is 0.221 e. The van der Waals surface area contributed by atoms with E-state index < -0.39 is 0 Å². The van der Waals surface area contributed by atoms with Crippen LogP contribution in [0.3, 0.4) is 0 Å². The van der Waals surface area contributed by atoms with Crippen LogP contribution in [0.5, 0.6) is 0 Å². The lowest BCUT2D eigenvalue weighted by Crippen LogP contribution is -2.06. The molecule has 5 nitrogen and oxygen atoms in total. The number of aromatic nitrogens is 2. The van der Waals surface area contributed by atoms with Crippen molar-refractivity contribution in [1.29, 1.82) is 0 Å². The number of rotatable bonds is 4. The van der Waals surface area contributed by atoms with E-state index in [1.807, 2.05) is 43.5 Å². The third kappa shape index (κ3) is 3.10. The molecule has 0 unspecified atom stereocenters. The van der Waals surface area contributed by atoms with Crippen LogP contribution in [0.2, 0.25) is 0 Å². The Hall–Kier alpha value is -2.66. The first kappa shape index (κ1) is 15.2. The Kier molecular flexibility index (Phi) is 4.12. The normalized spacial score (nSPS) is 10.9. The van der Waals surface area contributed by atoms with E-state index in [0.717, 1.165) is 33.7 Å². The number of carbonyl (C=O) groups is 1. The van der Waals surface area contributed by atoms with Crippen LogP contribution in [0.15, 0.2) is 42.6 Å². The molecule has 3 rings (SSSR count). The second kappa shape index (κ2) is 6.22. The molecule has 0 fully saturated rings. The summed E-state index contributed by atoms with van der Waals surface area (Å²) in [5.74, 6) is -0.0926. The summed E-state index contributed by atoms with van der Waals surface area (Å²) in [5.41, 5.74) is 4.65. The highest BCUT2D eigenvalue weighted by Gasteiger charge is 2.10. The molecule has 0 bridgehead atoms. The molecule has 0 saturated carbocycles. The molecule has 0 aliphatic rings. The van der Waals surface area contributed by atoms with E-state index in [1.165, 1.54) is 6.92 Å². The van der Waals surface area contributed by atoms with Gasteiger partial charge in [0.2, 0.25) is 5.91 Å². The summed E-state index contributed by atoms with van der Waals surface area (Å²) in [6.07, 6.45) is 2.02. The molecule has 1 aromatic carbocycles. The van der Waals surface area contributed by atoms with E-state index in [0.29, 0.717) is 6.61 Å². The van der Waals surface area contributed by atoms with E-state index in [2.05, 4.69) is 20.9 Å². The van der Waals surface area contributed by atoms with Gasteiger partial charge in [0.05, 0.1) is 17.8 Å². The molecule has 23 heavy (non-hydrogen) atoms. The van der Waals surface area contributed by atoms with Crippen LogP contribution in [0.25, 0.3) is 16.6 Å². The van der Waals surface area contributed by atoms with Gasteiger partial charge in [0, 0.05) is 42.7 Å². The van der Waals surface area contributed by atoms with Gasteiger partial charge in [-0.1, -0.05) is 0 Å². The molecule has 2 aromatic heterocycles. The maximum absolute atomic E-state index is 11.2.